The average molecular weight is 408 g/mol. The summed E-state index contributed by atoms with van der Waals surface area (Å²) in [6, 6.07) is 0. The Balaban J connectivity index is 1.51. The van der Waals surface area contributed by atoms with Gasteiger partial charge in [0.25, 0.3) is 10.1 Å². The lowest BCUT2D eigenvalue weighted by Crippen LogP contribution is -2.40. The van der Waals surface area contributed by atoms with E-state index in [-0.39, 0.29) is 6.42 Å². The fourth-order valence-corrected chi connectivity index (χ4v) is 4.86. The Hall–Kier alpha value is -1.10. The van der Waals surface area contributed by atoms with Crippen molar-refractivity contribution in [1.29, 1.82) is 0 Å². The zero-order chi connectivity index (χ0) is 18.4. The van der Waals surface area contributed by atoms with Crippen LogP contribution in [0, 0.1) is 5.92 Å². The van der Waals surface area contributed by atoms with Gasteiger partial charge in [0.2, 0.25) is 6.79 Å². The molecule has 3 aliphatic rings. The molecular weight excluding hydrogens is 398 g/mol. The van der Waals surface area contributed by atoms with Gasteiger partial charge >= 0.3 is 17.2 Å². The van der Waals surface area contributed by atoms with Gasteiger partial charge in [-0.3, -0.25) is 8.98 Å². The molecule has 3 saturated heterocycles. The van der Waals surface area contributed by atoms with Gasteiger partial charge in [0.05, 0.1) is 6.10 Å². The molecule has 2 bridgehead atoms. The molecule has 5 atom stereocenters. The fourth-order valence-electron chi connectivity index (χ4n) is 2.97. The van der Waals surface area contributed by atoms with Crippen LogP contribution in [-0.2, 0) is 47.5 Å². The molecule has 0 amide bonds. The predicted molar refractivity (Wildman–Crippen MR) is 68.7 cm³/mol. The van der Waals surface area contributed by atoms with Crippen molar-refractivity contribution in [2.75, 3.05) is 6.79 Å². The second-order valence-electron chi connectivity index (χ2n) is 5.25. The SMILES string of the molecule is O=C(OCOC(=O)C(F)(F)SOOO)C1C2CC3C(O2)C1OS3(=O)=O. The zero-order valence-corrected chi connectivity index (χ0v) is 13.5. The van der Waals surface area contributed by atoms with E-state index in [2.05, 4.69) is 18.8 Å². The Labute approximate surface area is 142 Å². The Kier molecular flexibility index (Phi) is 4.91. The van der Waals surface area contributed by atoms with Gasteiger partial charge in [-0.15, -0.1) is 4.33 Å². The number of esters is 2. The van der Waals surface area contributed by atoms with Gasteiger partial charge in [-0.2, -0.15) is 17.2 Å². The maximum atomic E-state index is 13.1. The highest BCUT2D eigenvalue weighted by Gasteiger charge is 2.67. The van der Waals surface area contributed by atoms with Crippen LogP contribution in [0.2, 0.25) is 0 Å². The molecule has 25 heavy (non-hydrogen) atoms. The molecule has 3 aliphatic heterocycles. The molecule has 3 fully saturated rings. The first-order valence-electron chi connectivity index (χ1n) is 6.62. The average Bonchev–Trinajstić information content (AvgIpc) is 3.14. The summed E-state index contributed by atoms with van der Waals surface area (Å²) in [6.07, 6.45) is -2.53. The van der Waals surface area contributed by atoms with E-state index in [1.165, 1.54) is 0 Å². The van der Waals surface area contributed by atoms with Crippen molar-refractivity contribution in [2.24, 2.45) is 5.92 Å². The molecule has 0 aromatic carbocycles. The molecule has 1 N–H and O–H groups in total. The molecule has 3 rings (SSSR count). The van der Waals surface area contributed by atoms with E-state index in [0.29, 0.717) is 0 Å². The standard InChI is InChI=1S/C10H10F2O11S2/c11-10(12,24-23-22-15)9(14)19-2-18-8(13)5-3-1-4-6(20-3)7(5)21-25(4,16)17/h3-7,15H,1-2H2. The molecule has 15 heteroatoms. The minimum Gasteiger partial charge on any atom is -0.427 e. The van der Waals surface area contributed by atoms with Crippen LogP contribution in [0.3, 0.4) is 0 Å². The van der Waals surface area contributed by atoms with Gasteiger partial charge in [-0.1, -0.05) is 5.04 Å². The van der Waals surface area contributed by atoms with Crippen molar-refractivity contribution in [3.8, 4) is 0 Å². The monoisotopic (exact) mass is 408 g/mol. The van der Waals surface area contributed by atoms with Crippen molar-refractivity contribution >= 4 is 34.1 Å². The Morgan fingerprint density at radius 2 is 2.00 bits per heavy atom. The summed E-state index contributed by atoms with van der Waals surface area (Å²) in [5.41, 5.74) is 0. The molecule has 0 radical (unpaired) electrons. The summed E-state index contributed by atoms with van der Waals surface area (Å²) < 4.78 is 71.8. The van der Waals surface area contributed by atoms with Crippen LogP contribution in [0.25, 0.3) is 0 Å². The first kappa shape index (κ1) is 18.7. The van der Waals surface area contributed by atoms with E-state index in [1.54, 1.807) is 0 Å². The lowest BCUT2D eigenvalue weighted by atomic mass is 9.86. The minimum absolute atomic E-state index is 0.0518. The summed E-state index contributed by atoms with van der Waals surface area (Å²) in [6.45, 7) is -1.15. The largest absolute Gasteiger partial charge is 0.427 e. The third-order valence-electron chi connectivity index (χ3n) is 3.93. The Morgan fingerprint density at radius 3 is 2.68 bits per heavy atom. The van der Waals surface area contributed by atoms with Crippen LogP contribution in [0.4, 0.5) is 8.78 Å². The van der Waals surface area contributed by atoms with E-state index in [4.69, 9.17) is 14.2 Å². The fraction of sp³-hybridized carbons (Fsp3) is 0.800. The highest BCUT2D eigenvalue weighted by Crippen LogP contribution is 2.50. The quantitative estimate of drug-likeness (QED) is 0.146. The summed E-state index contributed by atoms with van der Waals surface area (Å²) in [7, 11) is -3.83. The molecule has 0 aromatic heterocycles. The third kappa shape index (κ3) is 3.32. The van der Waals surface area contributed by atoms with Crippen LogP contribution in [0.1, 0.15) is 6.42 Å². The molecule has 0 aliphatic carbocycles. The highest BCUT2D eigenvalue weighted by molar-refractivity contribution is 7.96. The summed E-state index contributed by atoms with van der Waals surface area (Å²) in [5, 5.41) is 5.61. The molecule has 3 heterocycles. The van der Waals surface area contributed by atoms with Crippen molar-refractivity contribution in [1.82, 2.24) is 0 Å². The number of carbonyl (C=O) groups excluding carboxylic acids is 2. The van der Waals surface area contributed by atoms with Crippen molar-refractivity contribution < 1.29 is 59.8 Å². The number of carbonyl (C=O) groups is 2. The van der Waals surface area contributed by atoms with Crippen LogP contribution in [0.5, 0.6) is 0 Å². The van der Waals surface area contributed by atoms with E-state index < -0.39 is 75.6 Å². The molecule has 5 unspecified atom stereocenters. The smallest absolute Gasteiger partial charge is 0.415 e. The summed E-state index contributed by atoms with van der Waals surface area (Å²) >= 11 is -0.837. The number of halogens is 2. The van der Waals surface area contributed by atoms with Gasteiger partial charge in [0, 0.05) is 0 Å². The second kappa shape index (κ2) is 6.57. The Morgan fingerprint density at radius 1 is 1.28 bits per heavy atom. The van der Waals surface area contributed by atoms with Crippen LogP contribution in [-0.4, -0.2) is 61.2 Å². The van der Waals surface area contributed by atoms with Crippen LogP contribution in [0.15, 0.2) is 0 Å². The third-order valence-corrected chi connectivity index (χ3v) is 6.13. The molecular formula is C10H10F2O11S2. The maximum Gasteiger partial charge on any atom is 0.415 e. The van der Waals surface area contributed by atoms with Gasteiger partial charge in [0.15, 0.2) is 0 Å². The highest BCUT2D eigenvalue weighted by atomic mass is 32.2. The maximum absolute atomic E-state index is 13.1. The predicted octanol–water partition coefficient (Wildman–Crippen LogP) is -0.423. The van der Waals surface area contributed by atoms with Crippen molar-refractivity contribution in [3.05, 3.63) is 0 Å². The molecule has 11 nitrogen and oxygen atoms in total. The number of ether oxygens (including phenoxy) is 3. The van der Waals surface area contributed by atoms with Crippen molar-refractivity contribution in [3.63, 3.8) is 0 Å². The van der Waals surface area contributed by atoms with Gasteiger partial charge < -0.3 is 14.2 Å². The van der Waals surface area contributed by atoms with Crippen molar-refractivity contribution in [2.45, 2.75) is 35.2 Å². The summed E-state index contributed by atoms with van der Waals surface area (Å²) in [4.78, 5) is 23.1. The molecule has 0 saturated carbocycles. The molecule has 0 aromatic rings. The van der Waals surface area contributed by atoms with E-state index in [1.807, 2.05) is 0 Å². The van der Waals surface area contributed by atoms with E-state index in [0.717, 1.165) is 0 Å². The lowest BCUT2D eigenvalue weighted by Gasteiger charge is -2.20. The van der Waals surface area contributed by atoms with Gasteiger partial charge in [-0.05, 0) is 6.42 Å². The summed E-state index contributed by atoms with van der Waals surface area (Å²) in [5.74, 6) is -4.20. The zero-order valence-electron chi connectivity index (χ0n) is 11.9. The first-order valence-corrected chi connectivity index (χ1v) is 8.84. The molecule has 142 valence electrons. The number of alkyl halides is 2. The first-order chi connectivity index (χ1) is 11.7. The van der Waals surface area contributed by atoms with E-state index >= 15 is 0 Å². The van der Waals surface area contributed by atoms with Gasteiger partial charge in [0.1, 0.15) is 35.4 Å². The Bertz CT molecular complexity index is 668. The van der Waals surface area contributed by atoms with Crippen LogP contribution < -0.4 is 0 Å². The normalized spacial score (nSPS) is 34.9. The topological polar surface area (TPSA) is 144 Å². The van der Waals surface area contributed by atoms with Gasteiger partial charge in [-0.25, -0.2) is 10.1 Å². The number of fused-ring (bicyclic) bond motifs is 1. The number of rotatable bonds is 7. The van der Waals surface area contributed by atoms with Crippen LogP contribution >= 0.6 is 12.0 Å². The minimum atomic E-state index is -4.24. The number of hydrogen-bond donors (Lipinski definition) is 1. The van der Waals surface area contributed by atoms with E-state index in [9.17, 15) is 26.8 Å². The number of hydrogen-bond acceptors (Lipinski definition) is 12. The lowest BCUT2D eigenvalue weighted by molar-refractivity contribution is -0.433. The molecule has 0 spiro atoms. The second-order valence-corrected chi connectivity index (χ2v) is 7.85.